The lowest BCUT2D eigenvalue weighted by Crippen LogP contribution is -2.02. The third-order valence-electron chi connectivity index (χ3n) is 2.58. The molecule has 2 aromatic rings. The van der Waals surface area contributed by atoms with Crippen LogP contribution >= 0.6 is 22.6 Å². The highest BCUT2D eigenvalue weighted by Crippen LogP contribution is 2.16. The Kier molecular flexibility index (Phi) is 4.79. The minimum atomic E-state index is -0.329. The van der Waals surface area contributed by atoms with E-state index in [0.29, 0.717) is 12.2 Å². The number of carbonyl (C=O) groups excluding carboxylic acids is 1. The highest BCUT2D eigenvalue weighted by molar-refractivity contribution is 14.1. The molecule has 4 heteroatoms. The van der Waals surface area contributed by atoms with Crippen molar-refractivity contribution in [2.24, 2.45) is 0 Å². The minimum Gasteiger partial charge on any atom is -0.489 e. The average molecular weight is 368 g/mol. The first-order valence-corrected chi connectivity index (χ1v) is 6.82. The fourth-order valence-electron chi connectivity index (χ4n) is 1.58. The first-order valence-electron chi connectivity index (χ1n) is 5.74. The van der Waals surface area contributed by atoms with E-state index >= 15 is 0 Å². The molecule has 0 saturated carbocycles. The number of hydrogen-bond donors (Lipinski definition) is 0. The van der Waals surface area contributed by atoms with Crippen molar-refractivity contribution in [1.82, 2.24) is 0 Å². The van der Waals surface area contributed by atoms with Gasteiger partial charge in [-0.3, -0.25) is 0 Å². The van der Waals surface area contributed by atoms with Crippen molar-refractivity contribution in [2.45, 2.75) is 6.61 Å². The molecule has 19 heavy (non-hydrogen) atoms. The molecule has 0 heterocycles. The second kappa shape index (κ2) is 6.56. The number of benzene rings is 2. The molecule has 0 aliphatic heterocycles. The highest BCUT2D eigenvalue weighted by Gasteiger charge is 2.04. The summed E-state index contributed by atoms with van der Waals surface area (Å²) in [5.74, 6) is 0.508. The van der Waals surface area contributed by atoms with Crippen molar-refractivity contribution in [3.05, 3.63) is 63.2 Å². The lowest BCUT2D eigenvalue weighted by molar-refractivity contribution is 0.0600. The Bertz CT molecular complexity index is 564. The van der Waals surface area contributed by atoms with Crippen LogP contribution in [0.5, 0.6) is 5.75 Å². The van der Waals surface area contributed by atoms with Gasteiger partial charge in [0.1, 0.15) is 12.4 Å². The minimum absolute atomic E-state index is 0.329. The Morgan fingerprint density at radius 1 is 1.16 bits per heavy atom. The predicted octanol–water partition coefficient (Wildman–Crippen LogP) is 3.66. The van der Waals surface area contributed by atoms with Crippen molar-refractivity contribution < 1.29 is 14.3 Å². The Morgan fingerprint density at radius 3 is 2.53 bits per heavy atom. The van der Waals surface area contributed by atoms with Gasteiger partial charge in [-0.1, -0.05) is 18.2 Å². The van der Waals surface area contributed by atoms with Gasteiger partial charge in [0.05, 0.1) is 12.7 Å². The van der Waals surface area contributed by atoms with E-state index in [9.17, 15) is 4.79 Å². The maximum atomic E-state index is 11.3. The van der Waals surface area contributed by atoms with E-state index in [4.69, 9.17) is 4.74 Å². The molecule has 0 fully saturated rings. The first kappa shape index (κ1) is 13.9. The molecule has 2 rings (SSSR count). The van der Waals surface area contributed by atoms with Gasteiger partial charge in [-0.25, -0.2) is 4.79 Å². The summed E-state index contributed by atoms with van der Waals surface area (Å²) in [6, 6.07) is 15.1. The molecule has 0 atom stereocenters. The average Bonchev–Trinajstić information content (AvgIpc) is 2.45. The standard InChI is InChI=1S/C15H13IO3/c1-18-15(17)12-7-5-11(6-8-12)10-19-14-4-2-3-13(16)9-14/h2-9H,10H2,1H3. The number of rotatable bonds is 4. The van der Waals surface area contributed by atoms with Crippen LogP contribution in [0.3, 0.4) is 0 Å². The number of esters is 1. The molecule has 2 aromatic carbocycles. The van der Waals surface area contributed by atoms with Crippen LogP contribution in [0.25, 0.3) is 0 Å². The lowest BCUT2D eigenvalue weighted by Gasteiger charge is -2.07. The van der Waals surface area contributed by atoms with Gasteiger partial charge >= 0.3 is 5.97 Å². The third-order valence-corrected chi connectivity index (χ3v) is 3.25. The molecule has 0 amide bonds. The summed E-state index contributed by atoms with van der Waals surface area (Å²) in [4.78, 5) is 11.3. The normalized spacial score (nSPS) is 10.0. The van der Waals surface area contributed by atoms with Crippen LogP contribution in [-0.2, 0) is 11.3 Å². The Labute approximate surface area is 125 Å². The number of hydrogen-bond acceptors (Lipinski definition) is 3. The largest absolute Gasteiger partial charge is 0.489 e. The SMILES string of the molecule is COC(=O)c1ccc(COc2cccc(I)c2)cc1. The molecule has 0 aliphatic rings. The topological polar surface area (TPSA) is 35.5 Å². The zero-order valence-electron chi connectivity index (χ0n) is 10.4. The van der Waals surface area contributed by atoms with Gasteiger partial charge in [0.2, 0.25) is 0 Å². The fraction of sp³-hybridized carbons (Fsp3) is 0.133. The van der Waals surface area contributed by atoms with E-state index in [1.54, 1.807) is 12.1 Å². The molecule has 98 valence electrons. The summed E-state index contributed by atoms with van der Waals surface area (Å²) in [6.45, 7) is 0.474. The molecule has 0 radical (unpaired) electrons. The van der Waals surface area contributed by atoms with Crippen molar-refractivity contribution in [1.29, 1.82) is 0 Å². The Morgan fingerprint density at radius 2 is 1.89 bits per heavy atom. The van der Waals surface area contributed by atoms with Crippen LogP contribution < -0.4 is 4.74 Å². The number of methoxy groups -OCH3 is 1. The van der Waals surface area contributed by atoms with E-state index in [1.807, 2.05) is 36.4 Å². The predicted molar refractivity (Wildman–Crippen MR) is 81.3 cm³/mol. The zero-order chi connectivity index (χ0) is 13.7. The molecule has 0 aliphatic carbocycles. The van der Waals surface area contributed by atoms with Gasteiger partial charge in [0.15, 0.2) is 0 Å². The highest BCUT2D eigenvalue weighted by atomic mass is 127. The summed E-state index contributed by atoms with van der Waals surface area (Å²) >= 11 is 2.24. The molecule has 0 bridgehead atoms. The van der Waals surface area contributed by atoms with Crippen molar-refractivity contribution in [3.8, 4) is 5.75 Å². The van der Waals surface area contributed by atoms with E-state index in [1.165, 1.54) is 7.11 Å². The van der Waals surface area contributed by atoms with E-state index < -0.39 is 0 Å². The summed E-state index contributed by atoms with van der Waals surface area (Å²) in [5, 5.41) is 0. The second-order valence-electron chi connectivity index (χ2n) is 3.93. The zero-order valence-corrected chi connectivity index (χ0v) is 12.6. The summed E-state index contributed by atoms with van der Waals surface area (Å²) < 4.78 is 11.5. The molecule has 0 unspecified atom stereocenters. The Balaban J connectivity index is 1.98. The van der Waals surface area contributed by atoms with Gasteiger partial charge in [-0.15, -0.1) is 0 Å². The molecular weight excluding hydrogens is 355 g/mol. The molecule has 0 N–H and O–H groups in total. The molecule has 0 aromatic heterocycles. The monoisotopic (exact) mass is 368 g/mol. The van der Waals surface area contributed by atoms with Crippen LogP contribution in [0.4, 0.5) is 0 Å². The van der Waals surface area contributed by atoms with Crippen molar-refractivity contribution >= 4 is 28.6 Å². The van der Waals surface area contributed by atoms with Crippen LogP contribution in [-0.4, -0.2) is 13.1 Å². The van der Waals surface area contributed by atoms with E-state index in [2.05, 4.69) is 27.3 Å². The summed E-state index contributed by atoms with van der Waals surface area (Å²) in [7, 11) is 1.37. The number of ether oxygens (including phenoxy) is 2. The van der Waals surface area contributed by atoms with Crippen molar-refractivity contribution in [2.75, 3.05) is 7.11 Å². The van der Waals surface area contributed by atoms with Crippen LogP contribution in [0.2, 0.25) is 0 Å². The van der Waals surface area contributed by atoms with Crippen LogP contribution in [0, 0.1) is 3.57 Å². The molecule has 0 spiro atoms. The fourth-order valence-corrected chi connectivity index (χ4v) is 2.09. The quantitative estimate of drug-likeness (QED) is 0.611. The van der Waals surface area contributed by atoms with Gasteiger partial charge in [0, 0.05) is 3.57 Å². The lowest BCUT2D eigenvalue weighted by atomic mass is 10.1. The first-order chi connectivity index (χ1) is 9.19. The summed E-state index contributed by atoms with van der Waals surface area (Å²) in [5.41, 5.74) is 1.55. The summed E-state index contributed by atoms with van der Waals surface area (Å²) in [6.07, 6.45) is 0. The van der Waals surface area contributed by atoms with Crippen molar-refractivity contribution in [3.63, 3.8) is 0 Å². The molecule has 0 saturated heterocycles. The number of carbonyl (C=O) groups is 1. The van der Waals surface area contributed by atoms with E-state index in [-0.39, 0.29) is 5.97 Å². The van der Waals surface area contributed by atoms with Gasteiger partial charge in [-0.05, 0) is 58.5 Å². The van der Waals surface area contributed by atoms with E-state index in [0.717, 1.165) is 14.9 Å². The molecule has 3 nitrogen and oxygen atoms in total. The maximum absolute atomic E-state index is 11.3. The number of halogens is 1. The Hall–Kier alpha value is -1.56. The molecular formula is C15H13IO3. The van der Waals surface area contributed by atoms with Gasteiger partial charge in [0.25, 0.3) is 0 Å². The van der Waals surface area contributed by atoms with Gasteiger partial charge < -0.3 is 9.47 Å². The van der Waals surface area contributed by atoms with Gasteiger partial charge in [-0.2, -0.15) is 0 Å². The van der Waals surface area contributed by atoms with Crippen LogP contribution in [0.1, 0.15) is 15.9 Å². The smallest absolute Gasteiger partial charge is 0.337 e. The second-order valence-corrected chi connectivity index (χ2v) is 5.18. The van der Waals surface area contributed by atoms with Crippen LogP contribution in [0.15, 0.2) is 48.5 Å². The third kappa shape index (κ3) is 3.96. The maximum Gasteiger partial charge on any atom is 0.337 e.